The lowest BCUT2D eigenvalue weighted by Crippen LogP contribution is -2.14. The summed E-state index contributed by atoms with van der Waals surface area (Å²) in [7, 11) is 0. The fourth-order valence-corrected chi connectivity index (χ4v) is 2.84. The number of rotatable bonds is 4. The highest BCUT2D eigenvalue weighted by Gasteiger charge is 2.17. The van der Waals surface area contributed by atoms with Crippen LogP contribution in [0.1, 0.15) is 13.3 Å². The van der Waals surface area contributed by atoms with Gasteiger partial charge in [-0.25, -0.2) is 0 Å². The van der Waals surface area contributed by atoms with Gasteiger partial charge in [0.2, 0.25) is 0 Å². The van der Waals surface area contributed by atoms with Crippen LogP contribution in [0.4, 0.5) is 0 Å². The number of pyridine rings is 1. The molecule has 0 spiro atoms. The molecule has 3 nitrogen and oxygen atoms in total. The van der Waals surface area contributed by atoms with Gasteiger partial charge in [0, 0.05) is 21.5 Å². The Morgan fingerprint density at radius 2 is 2.28 bits per heavy atom. The Morgan fingerprint density at radius 1 is 1.50 bits per heavy atom. The molecule has 2 aromatic rings. The van der Waals surface area contributed by atoms with Crippen LogP contribution >= 0.6 is 23.4 Å². The number of hydrogen-bond acceptors (Lipinski definition) is 3. The summed E-state index contributed by atoms with van der Waals surface area (Å²) >= 11 is 7.26. The normalized spacial score (nSPS) is 12.6. The number of carboxylic acids is 1. The molecule has 0 saturated heterocycles. The predicted octanol–water partition coefficient (Wildman–Crippen LogP) is 3.84. The van der Waals surface area contributed by atoms with Gasteiger partial charge in [-0.1, -0.05) is 24.6 Å². The largest absolute Gasteiger partial charge is 0.480 e. The first-order chi connectivity index (χ1) is 8.61. The maximum Gasteiger partial charge on any atom is 0.316 e. The second-order valence-electron chi connectivity index (χ2n) is 3.82. The second kappa shape index (κ2) is 5.59. The number of aliphatic carboxylic acids is 1. The Bertz CT molecular complexity index is 588. The topological polar surface area (TPSA) is 50.2 Å². The van der Waals surface area contributed by atoms with Gasteiger partial charge in [0.15, 0.2) is 0 Å². The van der Waals surface area contributed by atoms with E-state index < -0.39 is 11.2 Å². The maximum atomic E-state index is 11.1. The molecule has 1 heterocycles. The minimum atomic E-state index is -0.790. The summed E-state index contributed by atoms with van der Waals surface area (Å²) in [5.74, 6) is -0.790. The number of benzene rings is 1. The van der Waals surface area contributed by atoms with Crippen LogP contribution in [0, 0.1) is 0 Å². The molecule has 0 aliphatic carbocycles. The van der Waals surface area contributed by atoms with Crippen molar-refractivity contribution < 1.29 is 9.90 Å². The summed E-state index contributed by atoms with van der Waals surface area (Å²) < 4.78 is 0. The van der Waals surface area contributed by atoms with Crippen LogP contribution in [0.2, 0.25) is 5.02 Å². The van der Waals surface area contributed by atoms with Crippen LogP contribution in [0.5, 0.6) is 0 Å². The van der Waals surface area contributed by atoms with Gasteiger partial charge in [0.05, 0.1) is 5.52 Å². The molecule has 0 aliphatic rings. The van der Waals surface area contributed by atoms with Gasteiger partial charge >= 0.3 is 5.97 Å². The van der Waals surface area contributed by atoms with Gasteiger partial charge in [0.25, 0.3) is 0 Å². The van der Waals surface area contributed by atoms with Gasteiger partial charge < -0.3 is 5.11 Å². The van der Waals surface area contributed by atoms with E-state index in [0.29, 0.717) is 11.4 Å². The van der Waals surface area contributed by atoms with Gasteiger partial charge in [-0.15, -0.1) is 11.8 Å². The lowest BCUT2D eigenvalue weighted by Gasteiger charge is -2.11. The summed E-state index contributed by atoms with van der Waals surface area (Å²) in [5.41, 5.74) is 0.785. The highest BCUT2D eigenvalue weighted by Crippen LogP contribution is 2.32. The predicted molar refractivity (Wildman–Crippen MR) is 74.3 cm³/mol. The minimum absolute atomic E-state index is 0.439. The number of carbonyl (C=O) groups is 1. The lowest BCUT2D eigenvalue weighted by atomic mass is 10.2. The summed E-state index contributed by atoms with van der Waals surface area (Å²) in [5, 5.41) is 10.2. The highest BCUT2D eigenvalue weighted by molar-refractivity contribution is 8.00. The molecule has 94 valence electrons. The van der Waals surface area contributed by atoms with Crippen molar-refractivity contribution in [3.63, 3.8) is 0 Å². The molecule has 5 heteroatoms. The standard InChI is InChI=1S/C13H12ClNO2S/c1-2-11(13(16)17)18-12-5-6-15-10-7-8(14)3-4-9(10)12/h3-7,11H,2H2,1H3,(H,16,17)/t11-/m1/s1. The minimum Gasteiger partial charge on any atom is -0.480 e. The summed E-state index contributed by atoms with van der Waals surface area (Å²) in [6, 6.07) is 7.29. The molecular formula is C13H12ClNO2S. The van der Waals surface area contributed by atoms with Crippen molar-refractivity contribution in [3.8, 4) is 0 Å². The van der Waals surface area contributed by atoms with Crippen molar-refractivity contribution in [1.82, 2.24) is 4.98 Å². The average Bonchev–Trinajstić information content (AvgIpc) is 2.35. The number of halogens is 1. The van der Waals surface area contributed by atoms with Gasteiger partial charge in [-0.05, 0) is 24.6 Å². The van der Waals surface area contributed by atoms with Crippen molar-refractivity contribution in [2.75, 3.05) is 0 Å². The van der Waals surface area contributed by atoms with Crippen LogP contribution in [-0.4, -0.2) is 21.3 Å². The quantitative estimate of drug-likeness (QED) is 0.865. The average molecular weight is 282 g/mol. The number of aromatic nitrogens is 1. The smallest absolute Gasteiger partial charge is 0.316 e. The zero-order chi connectivity index (χ0) is 13.1. The molecule has 1 atom stereocenters. The molecule has 0 radical (unpaired) electrons. The zero-order valence-corrected chi connectivity index (χ0v) is 11.3. The van der Waals surface area contributed by atoms with Crippen molar-refractivity contribution in [2.24, 2.45) is 0 Å². The van der Waals surface area contributed by atoms with E-state index in [0.717, 1.165) is 15.8 Å². The number of thioether (sulfide) groups is 1. The molecule has 1 aromatic carbocycles. The molecule has 1 aromatic heterocycles. The SMILES string of the molecule is CC[C@@H](Sc1ccnc2cc(Cl)ccc12)C(=O)O. The lowest BCUT2D eigenvalue weighted by molar-refractivity contribution is -0.136. The van der Waals surface area contributed by atoms with E-state index in [9.17, 15) is 4.79 Å². The van der Waals surface area contributed by atoms with Gasteiger partial charge in [0.1, 0.15) is 5.25 Å². The Hall–Kier alpha value is -1.26. The first kappa shape index (κ1) is 13.2. The third-order valence-electron chi connectivity index (χ3n) is 2.58. The van der Waals surface area contributed by atoms with E-state index in [4.69, 9.17) is 16.7 Å². The highest BCUT2D eigenvalue weighted by atomic mass is 35.5. The van der Waals surface area contributed by atoms with Gasteiger partial charge in [-0.3, -0.25) is 9.78 Å². The molecule has 0 bridgehead atoms. The van der Waals surface area contributed by atoms with E-state index in [1.165, 1.54) is 11.8 Å². The summed E-state index contributed by atoms with van der Waals surface area (Å²) in [4.78, 5) is 16.2. The van der Waals surface area contributed by atoms with E-state index in [2.05, 4.69) is 4.98 Å². The summed E-state index contributed by atoms with van der Waals surface area (Å²) in [6.07, 6.45) is 2.26. The molecule has 18 heavy (non-hydrogen) atoms. The maximum absolute atomic E-state index is 11.1. The van der Waals surface area contributed by atoms with Crippen LogP contribution < -0.4 is 0 Å². The molecule has 2 rings (SSSR count). The first-order valence-corrected chi connectivity index (χ1v) is 6.81. The van der Waals surface area contributed by atoms with E-state index in [1.54, 1.807) is 18.3 Å². The van der Waals surface area contributed by atoms with E-state index >= 15 is 0 Å². The van der Waals surface area contributed by atoms with Crippen LogP contribution in [0.25, 0.3) is 10.9 Å². The monoisotopic (exact) mass is 281 g/mol. The molecule has 0 amide bonds. The van der Waals surface area contributed by atoms with Crippen molar-refractivity contribution in [2.45, 2.75) is 23.5 Å². The zero-order valence-electron chi connectivity index (χ0n) is 9.76. The Kier molecular flexibility index (Phi) is 4.09. The number of hydrogen-bond donors (Lipinski definition) is 1. The van der Waals surface area contributed by atoms with Crippen molar-refractivity contribution in [3.05, 3.63) is 35.5 Å². The number of nitrogens with zero attached hydrogens (tertiary/aromatic N) is 1. The van der Waals surface area contributed by atoms with Crippen molar-refractivity contribution in [1.29, 1.82) is 0 Å². The van der Waals surface area contributed by atoms with Gasteiger partial charge in [-0.2, -0.15) is 0 Å². The number of fused-ring (bicyclic) bond motifs is 1. The molecule has 0 aliphatic heterocycles. The molecule has 0 fully saturated rings. The van der Waals surface area contributed by atoms with Crippen LogP contribution in [-0.2, 0) is 4.79 Å². The fraction of sp³-hybridized carbons (Fsp3) is 0.231. The van der Waals surface area contributed by atoms with Crippen molar-refractivity contribution >= 4 is 40.2 Å². The third-order valence-corrected chi connectivity index (χ3v) is 4.24. The Labute approximate surface area is 114 Å². The molecule has 0 saturated carbocycles. The Balaban J connectivity index is 2.42. The summed E-state index contributed by atoms with van der Waals surface area (Å²) in [6.45, 7) is 1.87. The first-order valence-electron chi connectivity index (χ1n) is 5.55. The van der Waals surface area contributed by atoms with Crippen LogP contribution in [0.15, 0.2) is 35.4 Å². The van der Waals surface area contributed by atoms with Crippen LogP contribution in [0.3, 0.4) is 0 Å². The second-order valence-corrected chi connectivity index (χ2v) is 5.50. The molecule has 1 N–H and O–H groups in total. The Morgan fingerprint density at radius 3 is 2.94 bits per heavy atom. The molecular weight excluding hydrogens is 270 g/mol. The third kappa shape index (κ3) is 2.76. The fourth-order valence-electron chi connectivity index (χ4n) is 1.66. The molecule has 0 unspecified atom stereocenters. The number of carboxylic acid groups (broad SMARTS) is 1. The van der Waals surface area contributed by atoms with E-state index in [-0.39, 0.29) is 0 Å². The van der Waals surface area contributed by atoms with E-state index in [1.807, 2.05) is 19.1 Å².